The molecule has 7 atom stereocenters. The highest BCUT2D eigenvalue weighted by Gasteiger charge is 2.69. The van der Waals surface area contributed by atoms with E-state index < -0.39 is 23.6 Å². The lowest BCUT2D eigenvalue weighted by molar-refractivity contribution is -0.193. The van der Waals surface area contributed by atoms with Gasteiger partial charge in [0.05, 0.1) is 13.0 Å². The van der Waals surface area contributed by atoms with Gasteiger partial charge in [-0.25, -0.2) is 0 Å². The van der Waals surface area contributed by atoms with Crippen molar-refractivity contribution in [1.29, 1.82) is 0 Å². The fourth-order valence-corrected chi connectivity index (χ4v) is 8.54. The second kappa shape index (κ2) is 10.0. The number of ether oxygens (including phenoxy) is 2. The molecule has 4 aliphatic carbocycles. The van der Waals surface area contributed by atoms with Crippen LogP contribution in [0.4, 0.5) is 0 Å². The molecule has 0 saturated heterocycles. The first-order chi connectivity index (χ1) is 17.0. The summed E-state index contributed by atoms with van der Waals surface area (Å²) in [5.41, 5.74) is -0.558. The number of esters is 2. The van der Waals surface area contributed by atoms with Gasteiger partial charge < -0.3 is 14.6 Å². The van der Waals surface area contributed by atoms with E-state index in [2.05, 4.69) is 20.8 Å². The molecule has 4 aliphatic rings. The topological polar surface area (TPSA) is 107 Å². The van der Waals surface area contributed by atoms with Crippen LogP contribution in [0.5, 0.6) is 0 Å². The number of Topliss-reactive ketones (excluding diaryl/α,β-unsaturated/α-hetero) is 1. The smallest absolute Gasteiger partial charge is 0.308 e. The van der Waals surface area contributed by atoms with Gasteiger partial charge in [0.1, 0.15) is 0 Å². The van der Waals surface area contributed by atoms with Crippen molar-refractivity contribution in [2.45, 2.75) is 97.5 Å². The molecule has 0 aromatic rings. The van der Waals surface area contributed by atoms with Gasteiger partial charge in [-0.15, -0.1) is 0 Å². The third-order valence-corrected chi connectivity index (χ3v) is 10.3. The van der Waals surface area contributed by atoms with E-state index >= 15 is 0 Å². The van der Waals surface area contributed by atoms with Crippen LogP contribution in [-0.4, -0.2) is 47.4 Å². The summed E-state index contributed by atoms with van der Waals surface area (Å²) < 4.78 is 11.3. The molecular formula is C29H42O7. The van der Waals surface area contributed by atoms with E-state index in [1.807, 2.05) is 13.0 Å². The highest BCUT2D eigenvalue weighted by atomic mass is 16.6. The normalized spacial score (nSPS) is 39.4. The van der Waals surface area contributed by atoms with Crippen LogP contribution in [0.15, 0.2) is 11.6 Å². The molecule has 0 unspecified atom stereocenters. The Morgan fingerprint density at radius 2 is 1.78 bits per heavy atom. The van der Waals surface area contributed by atoms with Crippen molar-refractivity contribution >= 4 is 23.5 Å². The maximum absolute atomic E-state index is 13.8. The van der Waals surface area contributed by atoms with Crippen molar-refractivity contribution in [1.82, 2.24) is 0 Å². The number of fused-ring (bicyclic) bond motifs is 5. The van der Waals surface area contributed by atoms with Gasteiger partial charge >= 0.3 is 11.9 Å². The molecule has 0 radical (unpaired) electrons. The molecule has 0 aliphatic heterocycles. The second-order valence-corrected chi connectivity index (χ2v) is 12.1. The number of ketones is 2. The molecule has 7 heteroatoms. The Kier molecular flexibility index (Phi) is 7.53. The van der Waals surface area contributed by atoms with Crippen LogP contribution in [0.3, 0.4) is 0 Å². The zero-order valence-electron chi connectivity index (χ0n) is 22.3. The molecule has 0 amide bonds. The molecule has 0 bridgehead atoms. The molecule has 7 nitrogen and oxygen atoms in total. The molecule has 4 rings (SSSR count). The number of carbonyl (C=O) groups is 4. The Balaban J connectivity index is 1.66. The Morgan fingerprint density at radius 3 is 2.47 bits per heavy atom. The highest BCUT2D eigenvalue weighted by Crippen LogP contribution is 2.69. The molecule has 1 N–H and O–H groups in total. The maximum Gasteiger partial charge on any atom is 0.308 e. The van der Waals surface area contributed by atoms with Crippen LogP contribution in [0, 0.1) is 34.5 Å². The number of aliphatic hydroxyl groups excluding tert-OH is 1. The van der Waals surface area contributed by atoms with E-state index in [1.54, 1.807) is 0 Å². The summed E-state index contributed by atoms with van der Waals surface area (Å²) in [5, 5.41) is 9.01. The minimum absolute atomic E-state index is 0.00839. The average Bonchev–Trinajstić information content (AvgIpc) is 3.12. The van der Waals surface area contributed by atoms with Crippen molar-refractivity contribution in [3.8, 4) is 0 Å². The number of aliphatic hydroxyl groups is 1. The second-order valence-electron chi connectivity index (χ2n) is 12.1. The molecular weight excluding hydrogens is 460 g/mol. The monoisotopic (exact) mass is 502 g/mol. The van der Waals surface area contributed by atoms with Crippen LogP contribution >= 0.6 is 0 Å². The molecule has 0 aromatic heterocycles. The Labute approximate surface area is 214 Å². The van der Waals surface area contributed by atoms with E-state index in [0.717, 1.165) is 32.1 Å². The van der Waals surface area contributed by atoms with Crippen LogP contribution in [0.2, 0.25) is 0 Å². The summed E-state index contributed by atoms with van der Waals surface area (Å²) in [6, 6.07) is 0. The van der Waals surface area contributed by atoms with Crippen LogP contribution in [0.1, 0.15) is 91.9 Å². The van der Waals surface area contributed by atoms with E-state index in [1.165, 1.54) is 5.57 Å². The van der Waals surface area contributed by atoms with Crippen molar-refractivity contribution in [3.05, 3.63) is 11.6 Å². The standard InChI is InChI=1S/C29H42O7/c1-5-6-26(34)36-29(24(32)17-35-25(33)10-14-30)13-9-22-20-15-18(2)23-16-19(31)7-11-27(23,3)21(20)8-12-28(22,29)4/h16,18,20-22,30H,5-15,17H2,1-4H3/t18-,20+,21-,22-,27+,28-,29-/m0/s1. The summed E-state index contributed by atoms with van der Waals surface area (Å²) in [5.74, 6) is 0.201. The van der Waals surface area contributed by atoms with Gasteiger partial charge in [-0.1, -0.05) is 33.3 Å². The quantitative estimate of drug-likeness (QED) is 0.492. The van der Waals surface area contributed by atoms with Crippen LogP contribution in [0.25, 0.3) is 0 Å². The predicted molar refractivity (Wildman–Crippen MR) is 133 cm³/mol. The van der Waals surface area contributed by atoms with Crippen LogP contribution in [-0.2, 0) is 28.7 Å². The van der Waals surface area contributed by atoms with Gasteiger partial charge in [0.25, 0.3) is 0 Å². The fourth-order valence-electron chi connectivity index (χ4n) is 8.54. The van der Waals surface area contributed by atoms with Crippen molar-refractivity contribution in [2.75, 3.05) is 13.2 Å². The minimum atomic E-state index is -1.31. The van der Waals surface area contributed by atoms with E-state index in [0.29, 0.717) is 37.0 Å². The predicted octanol–water partition coefficient (Wildman–Crippen LogP) is 4.34. The Morgan fingerprint density at radius 1 is 1.06 bits per heavy atom. The molecule has 0 aromatic carbocycles. The fraction of sp³-hybridized carbons (Fsp3) is 0.793. The van der Waals surface area contributed by atoms with Gasteiger partial charge in [-0.05, 0) is 80.1 Å². The third kappa shape index (κ3) is 4.25. The molecule has 3 saturated carbocycles. The molecule has 0 heterocycles. The van der Waals surface area contributed by atoms with Crippen molar-refractivity contribution in [3.63, 3.8) is 0 Å². The number of hydrogen-bond donors (Lipinski definition) is 1. The van der Waals surface area contributed by atoms with Gasteiger partial charge in [0, 0.05) is 18.3 Å². The largest absolute Gasteiger partial charge is 0.457 e. The van der Waals surface area contributed by atoms with Gasteiger partial charge in [-0.2, -0.15) is 0 Å². The average molecular weight is 503 g/mol. The summed E-state index contributed by atoms with van der Waals surface area (Å²) in [6.07, 6.45) is 7.94. The molecule has 36 heavy (non-hydrogen) atoms. The summed E-state index contributed by atoms with van der Waals surface area (Å²) in [7, 11) is 0. The highest BCUT2D eigenvalue weighted by molar-refractivity contribution is 5.93. The number of allylic oxidation sites excluding steroid dienone is 1. The van der Waals surface area contributed by atoms with Crippen molar-refractivity contribution in [2.24, 2.45) is 34.5 Å². The first-order valence-corrected chi connectivity index (χ1v) is 13.8. The van der Waals surface area contributed by atoms with Gasteiger partial charge in [0.15, 0.2) is 18.0 Å². The SMILES string of the molecule is CCCC(=O)O[C@]1(C(=O)COC(=O)CCO)CC[C@H]2[C@@H]3C[C@H](C)C4=CC(=O)CC[C@]4(C)[C@H]3CC[C@@]21C. The number of carbonyl (C=O) groups excluding carboxylic acids is 4. The van der Waals surface area contributed by atoms with Gasteiger partial charge in [-0.3, -0.25) is 19.2 Å². The zero-order chi connectivity index (χ0) is 26.3. The molecule has 200 valence electrons. The maximum atomic E-state index is 13.8. The Bertz CT molecular complexity index is 953. The van der Waals surface area contributed by atoms with E-state index in [-0.39, 0.29) is 48.3 Å². The summed E-state index contributed by atoms with van der Waals surface area (Å²) >= 11 is 0. The first-order valence-electron chi connectivity index (χ1n) is 13.8. The van der Waals surface area contributed by atoms with Crippen molar-refractivity contribution < 1.29 is 33.8 Å². The van der Waals surface area contributed by atoms with E-state index in [4.69, 9.17) is 14.6 Å². The third-order valence-electron chi connectivity index (χ3n) is 10.3. The number of hydrogen-bond acceptors (Lipinski definition) is 7. The van der Waals surface area contributed by atoms with Crippen LogP contribution < -0.4 is 0 Å². The summed E-state index contributed by atoms with van der Waals surface area (Å²) in [6.45, 7) is 7.77. The molecule has 3 fully saturated rings. The summed E-state index contributed by atoms with van der Waals surface area (Å²) in [4.78, 5) is 50.7. The zero-order valence-corrected chi connectivity index (χ0v) is 22.3. The first kappa shape index (κ1) is 27.0. The lowest BCUT2D eigenvalue weighted by atomic mass is 9.44. The number of rotatable bonds is 8. The Hall–Kier alpha value is -2.02. The van der Waals surface area contributed by atoms with E-state index in [9.17, 15) is 19.2 Å². The lowest BCUT2D eigenvalue weighted by Gasteiger charge is -2.60. The van der Waals surface area contributed by atoms with Gasteiger partial charge in [0.2, 0.25) is 5.78 Å². The minimum Gasteiger partial charge on any atom is -0.457 e. The lowest BCUT2D eigenvalue weighted by Crippen LogP contribution is -2.60. The molecule has 0 spiro atoms.